The number of hydrogen-bond acceptors (Lipinski definition) is 7. The highest BCUT2D eigenvalue weighted by Gasteiger charge is 2.24. The molecule has 0 heterocycles. The van der Waals surface area contributed by atoms with E-state index >= 15 is 0 Å². The molecule has 31 heavy (non-hydrogen) atoms. The van der Waals surface area contributed by atoms with Crippen LogP contribution in [0.4, 0.5) is 14.5 Å². The average Bonchev–Trinajstić information content (AvgIpc) is 2.74. The minimum Gasteiger partial charge on any atom is -0.497 e. The number of nitrogens with zero attached hydrogens (tertiary/aromatic N) is 2. The van der Waals surface area contributed by atoms with Crippen molar-refractivity contribution in [1.29, 1.82) is 0 Å². The average molecular weight is 438 g/mol. The number of halogens is 2. The lowest BCUT2D eigenvalue weighted by Crippen LogP contribution is -2.37. The lowest BCUT2D eigenvalue weighted by atomic mass is 10.1. The predicted molar refractivity (Wildman–Crippen MR) is 104 cm³/mol. The second kappa shape index (κ2) is 10.3. The molecule has 9 nitrogen and oxygen atoms in total. The van der Waals surface area contributed by atoms with Gasteiger partial charge in [-0.15, -0.1) is 0 Å². The van der Waals surface area contributed by atoms with E-state index in [1.54, 1.807) is 18.2 Å². The molecule has 2 aromatic carbocycles. The molecule has 2 rings (SSSR count). The first-order chi connectivity index (χ1) is 14.7. The summed E-state index contributed by atoms with van der Waals surface area (Å²) in [6.45, 7) is -0.594. The van der Waals surface area contributed by atoms with Crippen LogP contribution in [0.5, 0.6) is 11.5 Å². The van der Waals surface area contributed by atoms with E-state index in [1.165, 1.54) is 14.2 Å². The molecule has 0 aliphatic heterocycles. The summed E-state index contributed by atoms with van der Waals surface area (Å²) in [4.78, 5) is 35.4. The van der Waals surface area contributed by atoms with E-state index in [0.717, 1.165) is 12.0 Å². The minimum atomic E-state index is -1.24. The molecule has 0 N–H and O–H groups in total. The Morgan fingerprint density at radius 3 is 2.00 bits per heavy atom. The van der Waals surface area contributed by atoms with Gasteiger partial charge in [0.1, 0.15) is 29.7 Å². The Labute approximate surface area is 176 Å². The Balaban J connectivity index is 2.33. The zero-order valence-corrected chi connectivity index (χ0v) is 17.0. The summed E-state index contributed by atoms with van der Waals surface area (Å²) in [6, 6.07) is 5.88. The van der Waals surface area contributed by atoms with E-state index in [9.17, 15) is 28.5 Å². The van der Waals surface area contributed by atoms with Gasteiger partial charge < -0.3 is 19.1 Å². The Hall–Kier alpha value is -3.76. The number of carbonyl (C=O) groups excluding carboxylic acids is 2. The molecule has 1 amide bonds. The van der Waals surface area contributed by atoms with Crippen molar-refractivity contribution in [3.8, 4) is 11.5 Å². The third-order valence-electron chi connectivity index (χ3n) is 4.35. The maximum Gasteiger partial charge on any atom is 0.325 e. The van der Waals surface area contributed by atoms with Crippen LogP contribution in [0.2, 0.25) is 0 Å². The Morgan fingerprint density at radius 2 is 1.55 bits per heavy atom. The number of benzene rings is 2. The van der Waals surface area contributed by atoms with Crippen LogP contribution in [0.15, 0.2) is 30.3 Å². The summed E-state index contributed by atoms with van der Waals surface area (Å²) < 4.78 is 43.3. The van der Waals surface area contributed by atoms with Crippen molar-refractivity contribution >= 4 is 17.6 Å². The minimum absolute atomic E-state index is 0.113. The van der Waals surface area contributed by atoms with Crippen molar-refractivity contribution in [3.05, 3.63) is 63.2 Å². The number of esters is 1. The topological polar surface area (TPSA) is 108 Å². The summed E-state index contributed by atoms with van der Waals surface area (Å²) in [5.41, 5.74) is -0.895. The molecule has 0 aliphatic carbocycles. The van der Waals surface area contributed by atoms with Crippen molar-refractivity contribution in [2.45, 2.75) is 13.0 Å². The molecular formula is C20H20F2N2O7. The van der Waals surface area contributed by atoms with Gasteiger partial charge in [0.2, 0.25) is 5.91 Å². The second-order valence-electron chi connectivity index (χ2n) is 6.37. The van der Waals surface area contributed by atoms with Crippen LogP contribution in [0, 0.1) is 21.7 Å². The normalized spacial score (nSPS) is 10.4. The van der Waals surface area contributed by atoms with Crippen LogP contribution in [-0.4, -0.2) is 49.6 Å². The zero-order valence-electron chi connectivity index (χ0n) is 17.0. The third-order valence-corrected chi connectivity index (χ3v) is 4.35. The van der Waals surface area contributed by atoms with Gasteiger partial charge in [-0.1, -0.05) is 0 Å². The molecule has 0 fully saturated rings. The van der Waals surface area contributed by atoms with Gasteiger partial charge in [0.15, 0.2) is 0 Å². The van der Waals surface area contributed by atoms with Crippen molar-refractivity contribution in [1.82, 2.24) is 4.90 Å². The smallest absolute Gasteiger partial charge is 0.325 e. The summed E-state index contributed by atoms with van der Waals surface area (Å²) in [6.07, 6.45) is -0.756. The van der Waals surface area contributed by atoms with E-state index < -0.39 is 52.7 Å². The van der Waals surface area contributed by atoms with Crippen molar-refractivity contribution in [3.63, 3.8) is 0 Å². The highest BCUT2D eigenvalue weighted by Crippen LogP contribution is 2.25. The van der Waals surface area contributed by atoms with Gasteiger partial charge in [-0.25, -0.2) is 8.78 Å². The van der Waals surface area contributed by atoms with Crippen LogP contribution >= 0.6 is 0 Å². The number of ether oxygens (including phenoxy) is 3. The first-order valence-corrected chi connectivity index (χ1v) is 8.87. The Bertz CT molecular complexity index is 952. The van der Waals surface area contributed by atoms with E-state index in [0.29, 0.717) is 29.2 Å². The van der Waals surface area contributed by atoms with Crippen LogP contribution in [0.25, 0.3) is 0 Å². The number of amides is 1. The molecule has 166 valence electrons. The monoisotopic (exact) mass is 438 g/mol. The van der Waals surface area contributed by atoms with E-state index in [1.807, 2.05) is 0 Å². The molecule has 0 bridgehead atoms. The zero-order chi connectivity index (χ0) is 23.1. The number of methoxy groups -OCH3 is 3. The van der Waals surface area contributed by atoms with E-state index in [-0.39, 0.29) is 6.54 Å². The number of carbonyl (C=O) groups is 2. The van der Waals surface area contributed by atoms with Gasteiger partial charge in [0.05, 0.1) is 44.8 Å². The quantitative estimate of drug-likeness (QED) is 0.336. The van der Waals surface area contributed by atoms with Gasteiger partial charge in [0, 0.05) is 18.2 Å². The largest absolute Gasteiger partial charge is 0.497 e. The number of nitro benzene ring substituents is 1. The van der Waals surface area contributed by atoms with Crippen molar-refractivity contribution < 1.29 is 37.5 Å². The molecule has 0 aromatic heterocycles. The van der Waals surface area contributed by atoms with E-state index in [2.05, 4.69) is 4.74 Å². The molecule has 11 heteroatoms. The molecule has 0 atom stereocenters. The molecule has 0 saturated heterocycles. The van der Waals surface area contributed by atoms with Crippen molar-refractivity contribution in [2.24, 2.45) is 0 Å². The van der Waals surface area contributed by atoms with Crippen LogP contribution < -0.4 is 9.47 Å². The molecule has 0 radical (unpaired) electrons. The highest BCUT2D eigenvalue weighted by atomic mass is 19.1. The lowest BCUT2D eigenvalue weighted by Gasteiger charge is -2.22. The SMILES string of the molecule is COC(=O)CN(Cc1cc(OC)cc(OC)c1)C(=O)Cc1c(F)cc([N+](=O)[O-])cc1F. The van der Waals surface area contributed by atoms with Crippen LogP contribution in [-0.2, 0) is 27.3 Å². The van der Waals surface area contributed by atoms with E-state index in [4.69, 9.17) is 9.47 Å². The fraction of sp³-hybridized carbons (Fsp3) is 0.300. The maximum atomic E-state index is 14.2. The summed E-state index contributed by atoms with van der Waals surface area (Å²) in [7, 11) is 4.02. The molecule has 0 saturated carbocycles. The van der Waals surface area contributed by atoms with Gasteiger partial charge in [-0.3, -0.25) is 19.7 Å². The summed E-state index contributed by atoms with van der Waals surface area (Å²) >= 11 is 0. The standard InChI is InChI=1S/C20H20F2N2O7/c1-29-14-4-12(5-15(8-14)30-2)10-23(11-20(26)31-3)19(25)9-16-17(21)6-13(24(27)28)7-18(16)22/h4-8H,9-11H2,1-3H3. The number of nitro groups is 1. The second-order valence-corrected chi connectivity index (χ2v) is 6.37. The molecule has 0 aliphatic rings. The number of hydrogen-bond donors (Lipinski definition) is 0. The molecular weight excluding hydrogens is 418 g/mol. The highest BCUT2D eigenvalue weighted by molar-refractivity contribution is 5.83. The summed E-state index contributed by atoms with van der Waals surface area (Å²) in [5.74, 6) is -3.13. The van der Waals surface area contributed by atoms with Crippen LogP contribution in [0.3, 0.4) is 0 Å². The first-order valence-electron chi connectivity index (χ1n) is 8.87. The van der Waals surface area contributed by atoms with Crippen LogP contribution in [0.1, 0.15) is 11.1 Å². The predicted octanol–water partition coefficient (Wildman–Crippen LogP) is 2.63. The Kier molecular flexibility index (Phi) is 7.83. The van der Waals surface area contributed by atoms with Gasteiger partial charge in [-0.2, -0.15) is 0 Å². The van der Waals surface area contributed by atoms with Gasteiger partial charge in [0.25, 0.3) is 5.69 Å². The molecule has 0 unspecified atom stereocenters. The maximum absolute atomic E-state index is 14.2. The Morgan fingerprint density at radius 1 is 1.00 bits per heavy atom. The third kappa shape index (κ3) is 6.11. The van der Waals surface area contributed by atoms with Gasteiger partial charge in [-0.05, 0) is 17.7 Å². The lowest BCUT2D eigenvalue weighted by molar-refractivity contribution is -0.385. The van der Waals surface area contributed by atoms with Crippen molar-refractivity contribution in [2.75, 3.05) is 27.9 Å². The van der Waals surface area contributed by atoms with Gasteiger partial charge >= 0.3 is 5.97 Å². The fourth-order valence-electron chi connectivity index (χ4n) is 2.76. The number of rotatable bonds is 9. The number of non-ortho nitro benzene ring substituents is 1. The molecule has 2 aromatic rings. The molecule has 0 spiro atoms. The first kappa shape index (κ1) is 23.5. The summed E-state index contributed by atoms with van der Waals surface area (Å²) in [5, 5.41) is 10.7. The fourth-order valence-corrected chi connectivity index (χ4v) is 2.76.